The monoisotopic (exact) mass is 320 g/mol. The Bertz CT molecular complexity index is 560. The number of hydrogen-bond acceptors (Lipinski definition) is 3. The molecule has 0 saturated carbocycles. The Kier molecular flexibility index (Phi) is 5.89. The largest absolute Gasteiger partial charge is 0.353 e. The number of carbonyl (C=O) groups excluding carboxylic acids is 2. The lowest BCUT2D eigenvalue weighted by Gasteiger charge is -2.18. The van der Waals surface area contributed by atoms with Crippen LogP contribution in [-0.4, -0.2) is 40.9 Å². The lowest BCUT2D eigenvalue weighted by Crippen LogP contribution is -2.36. The quantitative estimate of drug-likeness (QED) is 0.877. The van der Waals surface area contributed by atoms with Gasteiger partial charge in [0.1, 0.15) is 0 Å². The molecule has 0 unspecified atom stereocenters. The highest BCUT2D eigenvalue weighted by atomic mass is 32.2. The van der Waals surface area contributed by atoms with E-state index in [4.69, 9.17) is 0 Å². The minimum Gasteiger partial charge on any atom is -0.353 e. The first kappa shape index (κ1) is 16.9. The van der Waals surface area contributed by atoms with Crippen molar-refractivity contribution in [2.75, 3.05) is 18.8 Å². The number of amides is 2. The second-order valence-electron chi connectivity index (χ2n) is 5.95. The van der Waals surface area contributed by atoms with Crippen molar-refractivity contribution in [2.24, 2.45) is 0 Å². The Morgan fingerprint density at radius 2 is 2.18 bits per heavy atom. The second kappa shape index (κ2) is 7.68. The van der Waals surface area contributed by atoms with Gasteiger partial charge in [-0.1, -0.05) is 35.5 Å². The van der Waals surface area contributed by atoms with E-state index >= 15 is 0 Å². The van der Waals surface area contributed by atoms with Crippen LogP contribution in [0.3, 0.4) is 0 Å². The molecule has 0 radical (unpaired) electrons. The van der Waals surface area contributed by atoms with Crippen molar-refractivity contribution in [3.8, 4) is 0 Å². The van der Waals surface area contributed by atoms with Crippen molar-refractivity contribution in [3.63, 3.8) is 0 Å². The number of aryl methyl sites for hydroxylation is 2. The van der Waals surface area contributed by atoms with Crippen LogP contribution in [0.1, 0.15) is 30.0 Å². The molecule has 120 valence electrons. The highest BCUT2D eigenvalue weighted by molar-refractivity contribution is 8.13. The van der Waals surface area contributed by atoms with Crippen LogP contribution in [0.4, 0.5) is 4.79 Å². The van der Waals surface area contributed by atoms with Crippen LogP contribution in [0.5, 0.6) is 0 Å². The van der Waals surface area contributed by atoms with E-state index < -0.39 is 0 Å². The molecule has 22 heavy (non-hydrogen) atoms. The fourth-order valence-corrected chi connectivity index (χ4v) is 3.52. The summed E-state index contributed by atoms with van der Waals surface area (Å²) in [6.45, 7) is 7.49. The molecule has 1 saturated heterocycles. The van der Waals surface area contributed by atoms with Gasteiger partial charge in [0.2, 0.25) is 5.91 Å². The van der Waals surface area contributed by atoms with Gasteiger partial charge in [0.05, 0.1) is 0 Å². The Morgan fingerprint density at radius 1 is 1.41 bits per heavy atom. The molecule has 1 fully saturated rings. The maximum atomic E-state index is 12.0. The molecule has 1 N–H and O–H groups in total. The third-order valence-electron chi connectivity index (χ3n) is 3.89. The first-order chi connectivity index (χ1) is 10.5. The van der Waals surface area contributed by atoms with Crippen LogP contribution in [0.2, 0.25) is 0 Å². The molecule has 4 nitrogen and oxygen atoms in total. The highest BCUT2D eigenvalue weighted by Crippen LogP contribution is 2.17. The normalized spacial score (nSPS) is 16.0. The molecule has 0 spiro atoms. The average Bonchev–Trinajstić information content (AvgIpc) is 2.85. The molecule has 1 heterocycles. The second-order valence-corrected chi connectivity index (χ2v) is 7.00. The van der Waals surface area contributed by atoms with E-state index in [1.165, 1.54) is 28.5 Å². The summed E-state index contributed by atoms with van der Waals surface area (Å²) < 4.78 is 0. The van der Waals surface area contributed by atoms with Gasteiger partial charge in [0, 0.05) is 31.3 Å². The van der Waals surface area contributed by atoms with Crippen LogP contribution >= 0.6 is 11.8 Å². The molecule has 5 heteroatoms. The number of hydrogen-bond donors (Lipinski definition) is 1. The lowest BCUT2D eigenvalue weighted by atomic mass is 10.00. The topological polar surface area (TPSA) is 49.4 Å². The van der Waals surface area contributed by atoms with E-state index in [0.29, 0.717) is 13.0 Å². The number of rotatable bonds is 6. The lowest BCUT2D eigenvalue weighted by molar-refractivity contribution is -0.121. The molecule has 0 bridgehead atoms. The summed E-state index contributed by atoms with van der Waals surface area (Å²) >= 11 is 1.33. The van der Waals surface area contributed by atoms with Gasteiger partial charge in [0.15, 0.2) is 0 Å². The zero-order valence-corrected chi connectivity index (χ0v) is 14.3. The van der Waals surface area contributed by atoms with Crippen molar-refractivity contribution in [2.45, 2.75) is 39.7 Å². The van der Waals surface area contributed by atoms with Crippen molar-refractivity contribution in [3.05, 3.63) is 34.9 Å². The summed E-state index contributed by atoms with van der Waals surface area (Å²) in [5, 5.41) is 3.12. The van der Waals surface area contributed by atoms with Crippen molar-refractivity contribution < 1.29 is 9.59 Å². The molecule has 1 aromatic rings. The fourth-order valence-electron chi connectivity index (χ4n) is 2.67. The third kappa shape index (κ3) is 4.77. The minimum atomic E-state index is 0.0157. The third-order valence-corrected chi connectivity index (χ3v) is 4.78. The van der Waals surface area contributed by atoms with Gasteiger partial charge in [-0.05, 0) is 38.3 Å². The number of thioether (sulfide) groups is 1. The van der Waals surface area contributed by atoms with E-state index in [2.05, 4.69) is 37.4 Å². The minimum absolute atomic E-state index is 0.0157. The summed E-state index contributed by atoms with van der Waals surface area (Å²) in [4.78, 5) is 25.2. The summed E-state index contributed by atoms with van der Waals surface area (Å²) in [6.07, 6.45) is 1.21. The molecular formula is C17H24N2O2S. The van der Waals surface area contributed by atoms with Gasteiger partial charge in [0.25, 0.3) is 5.24 Å². The Hall–Kier alpha value is -1.49. The standard InChI is InChI=1S/C17H24N2O2S/c1-12-4-5-15(13(2)10-12)11-14(3)18-16(20)6-7-19-8-9-22-17(19)21/h4-5,10,14H,6-9,11H2,1-3H3,(H,18,20)/t14-/m1/s1. The summed E-state index contributed by atoms with van der Waals surface area (Å²) in [5.74, 6) is 0.853. The first-order valence-corrected chi connectivity index (χ1v) is 8.71. The summed E-state index contributed by atoms with van der Waals surface area (Å²) in [6, 6.07) is 6.50. The Labute approximate surface area is 136 Å². The van der Waals surface area contributed by atoms with Crippen LogP contribution < -0.4 is 5.32 Å². The van der Waals surface area contributed by atoms with Crippen LogP contribution in [0.25, 0.3) is 0 Å². The summed E-state index contributed by atoms with van der Waals surface area (Å²) in [5.41, 5.74) is 3.79. The molecule has 0 aromatic heterocycles. The molecule has 0 aliphatic carbocycles. The zero-order valence-electron chi connectivity index (χ0n) is 13.5. The highest BCUT2D eigenvalue weighted by Gasteiger charge is 2.21. The predicted molar refractivity (Wildman–Crippen MR) is 91.3 cm³/mol. The van der Waals surface area contributed by atoms with Gasteiger partial charge in [-0.15, -0.1) is 0 Å². The fraction of sp³-hybridized carbons (Fsp3) is 0.529. The van der Waals surface area contributed by atoms with Crippen molar-refractivity contribution in [1.29, 1.82) is 0 Å². The molecular weight excluding hydrogens is 296 g/mol. The van der Waals surface area contributed by atoms with Crippen molar-refractivity contribution in [1.82, 2.24) is 10.2 Å². The first-order valence-electron chi connectivity index (χ1n) is 7.73. The van der Waals surface area contributed by atoms with E-state index in [1.54, 1.807) is 4.90 Å². The average molecular weight is 320 g/mol. The number of carbonyl (C=O) groups is 2. The molecule has 1 aliphatic rings. The van der Waals surface area contributed by atoms with Gasteiger partial charge >= 0.3 is 0 Å². The Morgan fingerprint density at radius 3 is 2.82 bits per heavy atom. The van der Waals surface area contributed by atoms with Gasteiger partial charge in [-0.3, -0.25) is 9.59 Å². The number of benzene rings is 1. The number of nitrogens with zero attached hydrogens (tertiary/aromatic N) is 1. The van der Waals surface area contributed by atoms with E-state index in [1.807, 2.05) is 6.92 Å². The molecule has 1 aromatic carbocycles. The van der Waals surface area contributed by atoms with Gasteiger partial charge in [-0.25, -0.2) is 0 Å². The van der Waals surface area contributed by atoms with Gasteiger partial charge < -0.3 is 10.2 Å². The van der Waals surface area contributed by atoms with Crippen LogP contribution in [-0.2, 0) is 11.2 Å². The van der Waals surface area contributed by atoms with Crippen molar-refractivity contribution >= 4 is 22.9 Å². The van der Waals surface area contributed by atoms with Gasteiger partial charge in [-0.2, -0.15) is 0 Å². The predicted octanol–water partition coefficient (Wildman–Crippen LogP) is 2.91. The number of nitrogens with one attached hydrogen (secondary N) is 1. The van der Waals surface area contributed by atoms with Crippen LogP contribution in [0.15, 0.2) is 18.2 Å². The molecule has 2 rings (SSSR count). The summed E-state index contributed by atoms with van der Waals surface area (Å²) in [7, 11) is 0. The Balaban J connectivity index is 1.77. The molecule has 2 amide bonds. The molecule has 1 atom stereocenters. The maximum Gasteiger partial charge on any atom is 0.281 e. The smallest absolute Gasteiger partial charge is 0.281 e. The van der Waals surface area contributed by atoms with E-state index in [-0.39, 0.29) is 17.2 Å². The molecule has 1 aliphatic heterocycles. The zero-order chi connectivity index (χ0) is 16.1. The van der Waals surface area contributed by atoms with E-state index in [9.17, 15) is 9.59 Å². The van der Waals surface area contributed by atoms with E-state index in [0.717, 1.165) is 18.7 Å². The maximum absolute atomic E-state index is 12.0. The SMILES string of the molecule is Cc1ccc(C[C@@H](C)NC(=O)CCN2CCSC2=O)c(C)c1. The van der Waals surface area contributed by atoms with Crippen LogP contribution in [0, 0.1) is 13.8 Å².